The van der Waals surface area contributed by atoms with Crippen LogP contribution in [0.5, 0.6) is 5.75 Å². The van der Waals surface area contributed by atoms with E-state index in [9.17, 15) is 4.79 Å². The molecule has 1 aliphatic heterocycles. The van der Waals surface area contributed by atoms with E-state index < -0.39 is 0 Å². The Bertz CT molecular complexity index is 875. The van der Waals surface area contributed by atoms with Crippen molar-refractivity contribution in [2.75, 3.05) is 12.1 Å². The Hall–Kier alpha value is -2.30. The van der Waals surface area contributed by atoms with Crippen molar-refractivity contribution >= 4 is 46.6 Å². The van der Waals surface area contributed by atoms with Crippen LogP contribution in [0.1, 0.15) is 12.5 Å². The van der Waals surface area contributed by atoms with Gasteiger partial charge in [0.2, 0.25) is 0 Å². The molecule has 0 bridgehead atoms. The van der Waals surface area contributed by atoms with Crippen LogP contribution in [0.25, 0.3) is 6.08 Å². The molecule has 122 valence electrons. The summed E-state index contributed by atoms with van der Waals surface area (Å²) >= 11 is 12.0. The summed E-state index contributed by atoms with van der Waals surface area (Å²) in [7, 11) is 1.59. The van der Waals surface area contributed by atoms with Gasteiger partial charge in [0.25, 0.3) is 5.91 Å². The fourth-order valence-corrected chi connectivity index (χ4v) is 2.71. The number of amides is 1. The lowest BCUT2D eigenvalue weighted by molar-refractivity contribution is -0.114. The minimum Gasteiger partial charge on any atom is -0.496 e. The van der Waals surface area contributed by atoms with E-state index in [4.69, 9.17) is 27.9 Å². The first-order chi connectivity index (χ1) is 11.5. The molecule has 1 heterocycles. The number of rotatable bonds is 3. The number of ether oxygens (including phenoxy) is 1. The van der Waals surface area contributed by atoms with Gasteiger partial charge in [-0.2, -0.15) is 10.1 Å². The molecule has 1 amide bonds. The number of halogens is 2. The third kappa shape index (κ3) is 3.03. The number of carbonyl (C=O) groups excluding carboxylic acids is 1. The normalized spacial score (nSPS) is 15.8. The molecule has 0 fully saturated rings. The highest BCUT2D eigenvalue weighted by atomic mass is 35.5. The number of nitrogens with zero attached hydrogens (tertiary/aromatic N) is 2. The van der Waals surface area contributed by atoms with Gasteiger partial charge in [-0.25, -0.2) is 0 Å². The largest absolute Gasteiger partial charge is 0.496 e. The number of benzene rings is 2. The number of hydrazone groups is 1. The minimum atomic E-state index is -0.225. The number of hydrogen-bond acceptors (Lipinski definition) is 3. The average Bonchev–Trinajstić information content (AvgIpc) is 2.86. The van der Waals surface area contributed by atoms with Gasteiger partial charge >= 0.3 is 0 Å². The van der Waals surface area contributed by atoms with E-state index in [0.29, 0.717) is 32.8 Å². The lowest BCUT2D eigenvalue weighted by Gasteiger charge is -2.12. The van der Waals surface area contributed by atoms with Crippen molar-refractivity contribution in [2.24, 2.45) is 5.10 Å². The molecule has 4 nitrogen and oxygen atoms in total. The SMILES string of the molecule is COc1ccccc1/C=C1/C(=O)N(c2ccc(Cl)c(Cl)c2)N=C1C. The summed E-state index contributed by atoms with van der Waals surface area (Å²) in [6.45, 7) is 1.79. The molecule has 0 radical (unpaired) electrons. The molecule has 0 spiro atoms. The second-order valence-corrected chi connectivity index (χ2v) is 6.02. The zero-order valence-corrected chi connectivity index (χ0v) is 14.6. The molecule has 6 heteroatoms. The van der Waals surface area contributed by atoms with E-state index in [1.165, 1.54) is 5.01 Å². The maximum absolute atomic E-state index is 12.7. The first-order valence-electron chi connectivity index (χ1n) is 7.21. The predicted molar refractivity (Wildman–Crippen MR) is 98.0 cm³/mol. The summed E-state index contributed by atoms with van der Waals surface area (Å²) in [4.78, 5) is 12.7. The molecular formula is C18H14Cl2N2O2. The van der Waals surface area contributed by atoms with E-state index in [2.05, 4.69) is 5.10 Å². The highest BCUT2D eigenvalue weighted by molar-refractivity contribution is 6.42. The quantitative estimate of drug-likeness (QED) is 0.737. The molecule has 2 aromatic rings. The molecule has 24 heavy (non-hydrogen) atoms. The second kappa shape index (κ2) is 6.67. The van der Waals surface area contributed by atoms with Gasteiger partial charge in [-0.05, 0) is 37.3 Å². The number of para-hydroxylation sites is 1. The summed E-state index contributed by atoms with van der Waals surface area (Å²) in [5, 5.41) is 6.45. The number of anilines is 1. The highest BCUT2D eigenvalue weighted by Gasteiger charge is 2.29. The summed E-state index contributed by atoms with van der Waals surface area (Å²) in [6, 6.07) is 12.4. The molecule has 1 aliphatic rings. The molecule has 2 aromatic carbocycles. The van der Waals surface area contributed by atoms with Crippen LogP contribution in [0.2, 0.25) is 10.0 Å². The van der Waals surface area contributed by atoms with E-state index in [1.54, 1.807) is 38.3 Å². The third-order valence-corrected chi connectivity index (χ3v) is 4.39. The van der Waals surface area contributed by atoms with Crippen molar-refractivity contribution < 1.29 is 9.53 Å². The summed E-state index contributed by atoms with van der Waals surface area (Å²) in [5.41, 5.74) is 2.51. The first-order valence-corrected chi connectivity index (χ1v) is 7.96. The Labute approximate surface area is 149 Å². The summed E-state index contributed by atoms with van der Waals surface area (Å²) < 4.78 is 5.33. The van der Waals surface area contributed by atoms with Crippen LogP contribution in [0.15, 0.2) is 53.1 Å². The first kappa shape index (κ1) is 16.6. The standard InChI is InChI=1S/C18H14Cl2N2O2/c1-11-14(9-12-5-3-4-6-17(12)24-2)18(23)22(21-11)13-7-8-15(19)16(20)10-13/h3-10H,1-2H3/b14-9+. The Morgan fingerprint density at radius 1 is 1.12 bits per heavy atom. The van der Waals surface area contributed by atoms with Gasteiger partial charge in [-0.1, -0.05) is 41.4 Å². The highest BCUT2D eigenvalue weighted by Crippen LogP contribution is 2.31. The smallest absolute Gasteiger partial charge is 0.280 e. The molecule has 0 aliphatic carbocycles. The van der Waals surface area contributed by atoms with Gasteiger partial charge in [-0.15, -0.1) is 0 Å². The fourth-order valence-electron chi connectivity index (χ4n) is 2.42. The van der Waals surface area contributed by atoms with Gasteiger partial charge in [0, 0.05) is 5.56 Å². The van der Waals surface area contributed by atoms with E-state index >= 15 is 0 Å². The average molecular weight is 361 g/mol. The second-order valence-electron chi connectivity index (χ2n) is 5.20. The Balaban J connectivity index is 1.98. The molecule has 0 N–H and O–H groups in total. The summed E-state index contributed by atoms with van der Waals surface area (Å²) in [6.07, 6.45) is 1.78. The van der Waals surface area contributed by atoms with Crippen LogP contribution in [-0.4, -0.2) is 18.7 Å². The van der Waals surface area contributed by atoms with Crippen molar-refractivity contribution in [2.45, 2.75) is 6.92 Å². The van der Waals surface area contributed by atoms with Crippen molar-refractivity contribution in [3.8, 4) is 5.75 Å². The van der Waals surface area contributed by atoms with Crippen molar-refractivity contribution in [3.63, 3.8) is 0 Å². The van der Waals surface area contributed by atoms with Gasteiger partial charge < -0.3 is 4.74 Å². The van der Waals surface area contributed by atoms with Gasteiger partial charge in [0.05, 0.1) is 34.1 Å². The maximum atomic E-state index is 12.7. The third-order valence-electron chi connectivity index (χ3n) is 3.65. The monoisotopic (exact) mass is 360 g/mol. The Morgan fingerprint density at radius 3 is 2.58 bits per heavy atom. The van der Waals surface area contributed by atoms with Gasteiger partial charge in [-0.3, -0.25) is 4.79 Å². The molecule has 0 unspecified atom stereocenters. The van der Waals surface area contributed by atoms with Gasteiger partial charge in [0.15, 0.2) is 0 Å². The van der Waals surface area contributed by atoms with Crippen LogP contribution in [0.3, 0.4) is 0 Å². The van der Waals surface area contributed by atoms with Crippen LogP contribution in [0.4, 0.5) is 5.69 Å². The molecule has 0 saturated heterocycles. The zero-order valence-electron chi connectivity index (χ0n) is 13.1. The lowest BCUT2D eigenvalue weighted by Crippen LogP contribution is -2.21. The minimum absolute atomic E-state index is 0.225. The Kier molecular flexibility index (Phi) is 4.60. The van der Waals surface area contributed by atoms with E-state index in [-0.39, 0.29) is 5.91 Å². The van der Waals surface area contributed by atoms with Crippen LogP contribution in [0, 0.1) is 0 Å². The summed E-state index contributed by atoms with van der Waals surface area (Å²) in [5.74, 6) is 0.468. The Morgan fingerprint density at radius 2 is 1.88 bits per heavy atom. The van der Waals surface area contributed by atoms with Crippen molar-refractivity contribution in [1.82, 2.24) is 0 Å². The molecular weight excluding hydrogens is 347 g/mol. The molecule has 0 atom stereocenters. The number of hydrogen-bond donors (Lipinski definition) is 0. The predicted octanol–water partition coefficient (Wildman–Crippen LogP) is 4.81. The molecule has 3 rings (SSSR count). The zero-order chi connectivity index (χ0) is 17.3. The number of carbonyl (C=O) groups is 1. The van der Waals surface area contributed by atoms with Gasteiger partial charge in [0.1, 0.15) is 5.75 Å². The van der Waals surface area contributed by atoms with Crippen LogP contribution < -0.4 is 9.75 Å². The topological polar surface area (TPSA) is 41.9 Å². The maximum Gasteiger partial charge on any atom is 0.280 e. The number of methoxy groups -OCH3 is 1. The van der Waals surface area contributed by atoms with E-state index in [1.807, 2.05) is 24.3 Å². The van der Waals surface area contributed by atoms with Crippen molar-refractivity contribution in [1.29, 1.82) is 0 Å². The van der Waals surface area contributed by atoms with E-state index in [0.717, 1.165) is 5.56 Å². The fraction of sp³-hybridized carbons (Fsp3) is 0.111. The van der Waals surface area contributed by atoms with Crippen LogP contribution >= 0.6 is 23.2 Å². The molecule has 0 saturated carbocycles. The van der Waals surface area contributed by atoms with Crippen molar-refractivity contribution in [3.05, 3.63) is 63.6 Å². The molecule has 0 aromatic heterocycles. The van der Waals surface area contributed by atoms with Crippen LogP contribution in [-0.2, 0) is 4.79 Å². The lowest BCUT2D eigenvalue weighted by atomic mass is 10.1.